The molecule has 0 atom stereocenters. The molecule has 0 fully saturated rings. The summed E-state index contributed by atoms with van der Waals surface area (Å²) in [7, 11) is 1.76. The molecule has 1 aliphatic rings. The number of carbonyl (C=O) groups is 2. The van der Waals surface area contributed by atoms with Crippen LogP contribution in [0.3, 0.4) is 0 Å². The molecular formula is C17H22N2O4S. The van der Waals surface area contributed by atoms with Gasteiger partial charge in [0.15, 0.2) is 0 Å². The molecule has 0 aliphatic carbocycles. The van der Waals surface area contributed by atoms with Crippen LogP contribution in [0.2, 0.25) is 0 Å². The highest BCUT2D eigenvalue weighted by atomic mass is 32.2. The quantitative estimate of drug-likeness (QED) is 0.464. The molecule has 2 rings (SSSR count). The third-order valence-electron chi connectivity index (χ3n) is 3.64. The molecular weight excluding hydrogens is 328 g/mol. The Kier molecular flexibility index (Phi) is 5.54. The molecule has 0 aromatic heterocycles. The van der Waals surface area contributed by atoms with Crippen LogP contribution in [-0.2, 0) is 19.2 Å². The van der Waals surface area contributed by atoms with E-state index in [2.05, 4.69) is 5.16 Å². The maximum Gasteiger partial charge on any atom is 0.352 e. The summed E-state index contributed by atoms with van der Waals surface area (Å²) in [6.07, 6.45) is 0. The second-order valence-corrected chi connectivity index (χ2v) is 6.94. The fourth-order valence-electron chi connectivity index (χ4n) is 2.07. The standard InChI is InChI=1S/C17H22N2O4S/c1-6-22-16(21)17(3,4)23-18-11(2)12-7-8-14-13(9-12)19(5)15(20)10-24-14/h7-9H,6,10H2,1-5H3/b18-11-. The van der Waals surface area contributed by atoms with Gasteiger partial charge in [-0.25, -0.2) is 4.79 Å². The van der Waals surface area contributed by atoms with Crippen LogP contribution in [0.25, 0.3) is 0 Å². The maximum atomic E-state index is 11.8. The van der Waals surface area contributed by atoms with E-state index in [-0.39, 0.29) is 12.5 Å². The highest BCUT2D eigenvalue weighted by Crippen LogP contribution is 2.35. The van der Waals surface area contributed by atoms with Crippen molar-refractivity contribution in [1.82, 2.24) is 0 Å². The van der Waals surface area contributed by atoms with Crippen LogP contribution in [0.1, 0.15) is 33.3 Å². The summed E-state index contributed by atoms with van der Waals surface area (Å²) in [4.78, 5) is 31.7. The van der Waals surface area contributed by atoms with Gasteiger partial charge in [-0.1, -0.05) is 11.2 Å². The lowest BCUT2D eigenvalue weighted by Gasteiger charge is -2.25. The van der Waals surface area contributed by atoms with E-state index in [1.165, 1.54) is 11.8 Å². The number of benzene rings is 1. The molecule has 7 heteroatoms. The van der Waals surface area contributed by atoms with Gasteiger partial charge in [0.2, 0.25) is 11.5 Å². The van der Waals surface area contributed by atoms with Gasteiger partial charge in [-0.3, -0.25) is 4.79 Å². The van der Waals surface area contributed by atoms with Crippen LogP contribution >= 0.6 is 11.8 Å². The van der Waals surface area contributed by atoms with E-state index in [9.17, 15) is 9.59 Å². The Hall–Kier alpha value is -2.02. The average molecular weight is 350 g/mol. The van der Waals surface area contributed by atoms with Crippen molar-refractivity contribution in [1.29, 1.82) is 0 Å². The first-order valence-corrected chi connectivity index (χ1v) is 8.68. The molecule has 0 radical (unpaired) electrons. The van der Waals surface area contributed by atoms with Crippen LogP contribution < -0.4 is 4.90 Å². The third kappa shape index (κ3) is 3.90. The number of ether oxygens (including phenoxy) is 1. The van der Waals surface area contributed by atoms with Gasteiger partial charge in [-0.2, -0.15) is 0 Å². The van der Waals surface area contributed by atoms with Crippen molar-refractivity contribution < 1.29 is 19.2 Å². The molecule has 1 heterocycles. The number of nitrogens with zero attached hydrogens (tertiary/aromatic N) is 2. The number of oxime groups is 1. The van der Waals surface area contributed by atoms with Crippen LogP contribution in [0.15, 0.2) is 28.3 Å². The molecule has 1 amide bonds. The Bertz CT molecular complexity index is 685. The summed E-state index contributed by atoms with van der Waals surface area (Å²) in [6, 6.07) is 5.79. The van der Waals surface area contributed by atoms with Crippen LogP contribution in [-0.4, -0.2) is 42.6 Å². The first-order chi connectivity index (χ1) is 11.3. The Morgan fingerprint density at radius 3 is 2.79 bits per heavy atom. The highest BCUT2D eigenvalue weighted by molar-refractivity contribution is 8.00. The largest absolute Gasteiger partial charge is 0.463 e. The lowest BCUT2D eigenvalue weighted by molar-refractivity contribution is -0.167. The summed E-state index contributed by atoms with van der Waals surface area (Å²) in [6.45, 7) is 7.04. The van der Waals surface area contributed by atoms with Gasteiger partial charge >= 0.3 is 5.97 Å². The predicted molar refractivity (Wildman–Crippen MR) is 94.6 cm³/mol. The Morgan fingerprint density at radius 1 is 1.42 bits per heavy atom. The molecule has 0 bridgehead atoms. The number of rotatable bonds is 5. The number of hydrogen-bond acceptors (Lipinski definition) is 6. The molecule has 1 aromatic rings. The molecule has 6 nitrogen and oxygen atoms in total. The van der Waals surface area contributed by atoms with Crippen molar-refractivity contribution in [2.75, 3.05) is 24.3 Å². The summed E-state index contributed by atoms with van der Waals surface area (Å²) >= 11 is 1.52. The second kappa shape index (κ2) is 7.25. The van der Waals surface area contributed by atoms with Gasteiger partial charge < -0.3 is 14.5 Å². The zero-order valence-corrected chi connectivity index (χ0v) is 15.4. The van der Waals surface area contributed by atoms with Crippen molar-refractivity contribution in [3.05, 3.63) is 23.8 Å². The van der Waals surface area contributed by atoms with Crippen molar-refractivity contribution in [3.63, 3.8) is 0 Å². The van der Waals surface area contributed by atoms with Crippen molar-refractivity contribution in [2.24, 2.45) is 5.16 Å². The molecule has 1 aliphatic heterocycles. The SMILES string of the molecule is CCOC(=O)C(C)(C)O/N=C(/C)c1ccc2c(c1)N(C)C(=O)CS2. The fraction of sp³-hybridized carbons (Fsp3) is 0.471. The molecule has 0 N–H and O–H groups in total. The highest BCUT2D eigenvalue weighted by Gasteiger charge is 2.32. The van der Waals surface area contributed by atoms with E-state index in [1.807, 2.05) is 18.2 Å². The second-order valence-electron chi connectivity index (χ2n) is 5.92. The zero-order valence-electron chi connectivity index (χ0n) is 14.6. The number of esters is 1. The van der Waals surface area contributed by atoms with Gasteiger partial charge in [-0.05, 0) is 39.8 Å². The van der Waals surface area contributed by atoms with E-state index in [4.69, 9.17) is 9.57 Å². The Balaban J connectivity index is 2.19. The molecule has 24 heavy (non-hydrogen) atoms. The number of thioether (sulfide) groups is 1. The Morgan fingerprint density at radius 2 is 2.12 bits per heavy atom. The zero-order chi connectivity index (χ0) is 17.9. The summed E-state index contributed by atoms with van der Waals surface area (Å²) in [5.41, 5.74) is 1.14. The number of carbonyl (C=O) groups excluding carboxylic acids is 2. The fourth-order valence-corrected chi connectivity index (χ4v) is 3.06. The van der Waals surface area contributed by atoms with Crippen molar-refractivity contribution in [3.8, 4) is 0 Å². The van der Waals surface area contributed by atoms with Crippen molar-refractivity contribution in [2.45, 2.75) is 38.2 Å². The minimum atomic E-state index is -1.16. The van der Waals surface area contributed by atoms with Gasteiger partial charge in [0.1, 0.15) is 0 Å². The predicted octanol–water partition coefficient (Wildman–Crippen LogP) is 2.84. The molecule has 130 valence electrons. The number of fused-ring (bicyclic) bond motifs is 1. The molecule has 0 unspecified atom stereocenters. The molecule has 0 saturated heterocycles. The number of anilines is 1. The van der Waals surface area contributed by atoms with E-state index in [0.29, 0.717) is 11.5 Å². The van der Waals surface area contributed by atoms with E-state index in [1.54, 1.807) is 39.6 Å². The normalized spacial score (nSPS) is 15.1. The minimum Gasteiger partial charge on any atom is -0.463 e. The molecule has 0 saturated carbocycles. The number of amides is 1. The summed E-state index contributed by atoms with van der Waals surface area (Å²) < 4.78 is 4.96. The topological polar surface area (TPSA) is 68.2 Å². The Labute approximate surface area is 146 Å². The monoisotopic (exact) mass is 350 g/mol. The lowest BCUT2D eigenvalue weighted by atomic mass is 10.1. The van der Waals surface area contributed by atoms with Crippen molar-refractivity contribution >= 4 is 35.0 Å². The molecule has 1 aromatic carbocycles. The van der Waals surface area contributed by atoms with Crippen LogP contribution in [0.4, 0.5) is 5.69 Å². The van der Waals surface area contributed by atoms with Gasteiger partial charge in [0, 0.05) is 17.5 Å². The van der Waals surface area contributed by atoms with Gasteiger partial charge in [0.05, 0.1) is 23.8 Å². The molecule has 0 spiro atoms. The van der Waals surface area contributed by atoms with Gasteiger partial charge in [-0.15, -0.1) is 11.8 Å². The first kappa shape index (κ1) is 18.3. The van der Waals surface area contributed by atoms with E-state index in [0.717, 1.165) is 16.1 Å². The maximum absolute atomic E-state index is 11.8. The van der Waals surface area contributed by atoms with Gasteiger partial charge in [0.25, 0.3) is 0 Å². The summed E-state index contributed by atoms with van der Waals surface area (Å²) in [5.74, 6) is 0.0555. The smallest absolute Gasteiger partial charge is 0.352 e. The average Bonchev–Trinajstić information content (AvgIpc) is 2.56. The van der Waals surface area contributed by atoms with E-state index >= 15 is 0 Å². The summed E-state index contributed by atoms with van der Waals surface area (Å²) in [5, 5.41) is 4.07. The van der Waals surface area contributed by atoms with E-state index < -0.39 is 11.6 Å². The lowest BCUT2D eigenvalue weighted by Crippen LogP contribution is -2.35. The first-order valence-electron chi connectivity index (χ1n) is 7.70. The van der Waals surface area contributed by atoms with Crippen LogP contribution in [0.5, 0.6) is 0 Å². The van der Waals surface area contributed by atoms with Crippen LogP contribution in [0, 0.1) is 0 Å². The number of hydrogen-bond donors (Lipinski definition) is 0. The third-order valence-corrected chi connectivity index (χ3v) is 4.69. The minimum absolute atomic E-state index is 0.0685.